The standard InChI is InChI=1S/C25H28N8O4S/c1-29-22-20-16-19(21-4-3-15-37-21)28-33(20)24(26)27-23(22)32(25(29)34)14-11-30-9-12-31(13-10-30)17-5-7-18(8-6-17)38(2,35)36/h3-8,15-16H,9-14H2,1-2H3,(H2,26,27). The molecule has 4 aromatic heterocycles. The van der Waals surface area contributed by atoms with Crippen LogP contribution in [0.15, 0.2) is 62.8 Å². The number of aromatic nitrogens is 5. The van der Waals surface area contributed by atoms with E-state index in [2.05, 4.69) is 19.9 Å². The molecule has 0 radical (unpaired) electrons. The molecule has 0 aliphatic carbocycles. The van der Waals surface area contributed by atoms with Gasteiger partial charge in [-0.2, -0.15) is 14.6 Å². The Kier molecular flexibility index (Phi) is 5.76. The summed E-state index contributed by atoms with van der Waals surface area (Å²) in [5.74, 6) is 0.802. The van der Waals surface area contributed by atoms with Crippen LogP contribution in [-0.4, -0.2) is 76.0 Å². The predicted molar refractivity (Wildman–Crippen MR) is 144 cm³/mol. The van der Waals surface area contributed by atoms with Crippen LogP contribution < -0.4 is 16.3 Å². The summed E-state index contributed by atoms with van der Waals surface area (Å²) < 4.78 is 33.7. The quantitative estimate of drug-likeness (QED) is 0.342. The first-order valence-electron chi connectivity index (χ1n) is 12.3. The smallest absolute Gasteiger partial charge is 0.330 e. The van der Waals surface area contributed by atoms with E-state index in [4.69, 9.17) is 10.2 Å². The number of rotatable bonds is 6. The Bertz CT molecular complexity index is 1790. The summed E-state index contributed by atoms with van der Waals surface area (Å²) in [7, 11) is -1.48. The normalized spacial score (nSPS) is 15.2. The number of nitrogen functional groups attached to an aromatic ring is 1. The van der Waals surface area contributed by atoms with Crippen molar-refractivity contribution in [2.24, 2.45) is 7.05 Å². The number of fused-ring (bicyclic) bond motifs is 3. The van der Waals surface area contributed by atoms with Gasteiger partial charge in [0, 0.05) is 58.3 Å². The van der Waals surface area contributed by atoms with Crippen molar-refractivity contribution in [2.45, 2.75) is 11.4 Å². The van der Waals surface area contributed by atoms with Gasteiger partial charge in [0.15, 0.2) is 21.2 Å². The number of aryl methyl sites for hydroxylation is 1. The van der Waals surface area contributed by atoms with E-state index in [0.717, 1.165) is 31.9 Å². The molecule has 5 aromatic rings. The zero-order chi connectivity index (χ0) is 26.6. The molecule has 0 bridgehead atoms. The lowest BCUT2D eigenvalue weighted by molar-refractivity contribution is 0.248. The molecule has 198 valence electrons. The maximum Gasteiger partial charge on any atom is 0.330 e. The number of sulfone groups is 1. The number of benzene rings is 1. The average molecular weight is 537 g/mol. The van der Waals surface area contributed by atoms with E-state index in [1.54, 1.807) is 40.6 Å². The fraction of sp³-hybridized carbons (Fsp3) is 0.320. The molecule has 0 saturated carbocycles. The third-order valence-corrected chi connectivity index (χ3v) is 8.25. The van der Waals surface area contributed by atoms with Crippen LogP contribution in [0.4, 0.5) is 11.6 Å². The van der Waals surface area contributed by atoms with E-state index in [1.807, 2.05) is 24.3 Å². The molecular weight excluding hydrogens is 508 g/mol. The molecule has 0 atom stereocenters. The molecule has 1 aromatic carbocycles. The second kappa shape index (κ2) is 9.03. The minimum Gasteiger partial charge on any atom is -0.463 e. The number of nitrogens with zero attached hydrogens (tertiary/aromatic N) is 7. The molecule has 1 saturated heterocycles. The second-order valence-corrected chi connectivity index (χ2v) is 11.5. The molecule has 0 amide bonds. The van der Waals surface area contributed by atoms with Crippen LogP contribution in [0.3, 0.4) is 0 Å². The van der Waals surface area contributed by atoms with Crippen LogP contribution in [-0.2, 0) is 23.4 Å². The number of nitrogens with two attached hydrogens (primary N) is 1. The first kappa shape index (κ1) is 24.2. The minimum atomic E-state index is -3.21. The van der Waals surface area contributed by atoms with Gasteiger partial charge in [0.25, 0.3) is 0 Å². The van der Waals surface area contributed by atoms with Crippen LogP contribution in [0.2, 0.25) is 0 Å². The molecule has 2 N–H and O–H groups in total. The Morgan fingerprint density at radius 1 is 1.05 bits per heavy atom. The molecule has 13 heteroatoms. The molecule has 5 heterocycles. The molecule has 6 rings (SSSR count). The number of piperazine rings is 1. The highest BCUT2D eigenvalue weighted by Gasteiger charge is 2.22. The highest BCUT2D eigenvalue weighted by Crippen LogP contribution is 2.26. The maximum atomic E-state index is 13.2. The molecule has 1 aliphatic heterocycles. The van der Waals surface area contributed by atoms with Crippen molar-refractivity contribution in [2.75, 3.05) is 49.6 Å². The number of anilines is 2. The first-order valence-corrected chi connectivity index (χ1v) is 14.2. The summed E-state index contributed by atoms with van der Waals surface area (Å²) in [5, 5.41) is 4.52. The van der Waals surface area contributed by atoms with Gasteiger partial charge in [-0.05, 0) is 42.5 Å². The van der Waals surface area contributed by atoms with E-state index in [-0.39, 0.29) is 11.6 Å². The second-order valence-electron chi connectivity index (χ2n) is 9.53. The lowest BCUT2D eigenvalue weighted by atomic mass is 10.2. The van der Waals surface area contributed by atoms with Crippen LogP contribution in [0.5, 0.6) is 0 Å². The largest absolute Gasteiger partial charge is 0.463 e. The highest BCUT2D eigenvalue weighted by molar-refractivity contribution is 7.90. The van der Waals surface area contributed by atoms with Gasteiger partial charge in [-0.25, -0.2) is 13.2 Å². The third kappa shape index (κ3) is 4.13. The number of hydrogen-bond donors (Lipinski definition) is 1. The van der Waals surface area contributed by atoms with Gasteiger partial charge in [-0.3, -0.25) is 14.0 Å². The van der Waals surface area contributed by atoms with Crippen molar-refractivity contribution in [3.63, 3.8) is 0 Å². The zero-order valence-corrected chi connectivity index (χ0v) is 21.9. The fourth-order valence-corrected chi connectivity index (χ4v) is 5.68. The number of imidazole rings is 1. The molecule has 1 aliphatic rings. The Hall–Kier alpha value is -4.10. The van der Waals surface area contributed by atoms with Gasteiger partial charge in [-0.15, -0.1) is 0 Å². The molecular formula is C25H28N8O4S. The summed E-state index contributed by atoms with van der Waals surface area (Å²) in [5.41, 5.74) is 9.57. The van der Waals surface area contributed by atoms with Crippen LogP contribution in [0.25, 0.3) is 28.1 Å². The number of hydrogen-bond acceptors (Lipinski definition) is 9. The van der Waals surface area contributed by atoms with Crippen molar-refractivity contribution in [3.8, 4) is 11.5 Å². The SMILES string of the molecule is Cn1c(=O)n(CCN2CCN(c3ccc(S(C)(=O)=O)cc3)CC2)c2nc(N)n3nc(-c4ccco4)cc3c21. The molecule has 1 fully saturated rings. The topological polar surface area (TPSA) is 137 Å². The third-order valence-electron chi connectivity index (χ3n) is 7.13. The van der Waals surface area contributed by atoms with E-state index in [9.17, 15) is 13.2 Å². The van der Waals surface area contributed by atoms with Gasteiger partial charge in [0.2, 0.25) is 5.95 Å². The highest BCUT2D eigenvalue weighted by atomic mass is 32.2. The summed E-state index contributed by atoms with van der Waals surface area (Å²) in [6, 6.07) is 12.5. The van der Waals surface area contributed by atoms with Crippen molar-refractivity contribution < 1.29 is 12.8 Å². The van der Waals surface area contributed by atoms with Crippen molar-refractivity contribution in [3.05, 3.63) is 59.2 Å². The molecule has 12 nitrogen and oxygen atoms in total. The fourth-order valence-electron chi connectivity index (χ4n) is 5.05. The average Bonchev–Trinajstić information content (AvgIpc) is 3.63. The van der Waals surface area contributed by atoms with Gasteiger partial charge >= 0.3 is 5.69 Å². The Labute approximate surface area is 218 Å². The Morgan fingerprint density at radius 3 is 2.45 bits per heavy atom. The Balaban J connectivity index is 1.20. The minimum absolute atomic E-state index is 0.162. The summed E-state index contributed by atoms with van der Waals surface area (Å²) in [6.45, 7) is 4.41. The molecule has 0 unspecified atom stereocenters. The summed E-state index contributed by atoms with van der Waals surface area (Å²) >= 11 is 0. The van der Waals surface area contributed by atoms with E-state index in [0.29, 0.717) is 46.1 Å². The number of furan rings is 1. The Morgan fingerprint density at radius 2 is 1.79 bits per heavy atom. The zero-order valence-electron chi connectivity index (χ0n) is 21.1. The molecule has 38 heavy (non-hydrogen) atoms. The lowest BCUT2D eigenvalue weighted by Crippen LogP contribution is -2.47. The predicted octanol–water partition coefficient (Wildman–Crippen LogP) is 1.45. The van der Waals surface area contributed by atoms with Crippen LogP contribution in [0, 0.1) is 0 Å². The van der Waals surface area contributed by atoms with Crippen molar-refractivity contribution in [1.82, 2.24) is 28.6 Å². The molecule has 0 spiro atoms. The van der Waals surface area contributed by atoms with E-state index < -0.39 is 9.84 Å². The first-order chi connectivity index (χ1) is 18.2. The van der Waals surface area contributed by atoms with Crippen molar-refractivity contribution in [1.29, 1.82) is 0 Å². The van der Waals surface area contributed by atoms with Crippen LogP contribution >= 0.6 is 0 Å². The lowest BCUT2D eigenvalue weighted by Gasteiger charge is -2.36. The van der Waals surface area contributed by atoms with Crippen molar-refractivity contribution >= 4 is 38.2 Å². The summed E-state index contributed by atoms with van der Waals surface area (Å²) in [4.78, 5) is 22.6. The monoisotopic (exact) mass is 536 g/mol. The van der Waals surface area contributed by atoms with E-state index >= 15 is 0 Å². The van der Waals surface area contributed by atoms with Gasteiger partial charge < -0.3 is 15.1 Å². The van der Waals surface area contributed by atoms with Gasteiger partial charge in [-0.1, -0.05) is 0 Å². The van der Waals surface area contributed by atoms with Gasteiger partial charge in [0.1, 0.15) is 11.2 Å². The van der Waals surface area contributed by atoms with Crippen LogP contribution in [0.1, 0.15) is 0 Å². The van der Waals surface area contributed by atoms with E-state index in [1.165, 1.54) is 10.8 Å². The van der Waals surface area contributed by atoms with Gasteiger partial charge in [0.05, 0.1) is 16.7 Å². The maximum absolute atomic E-state index is 13.2. The summed E-state index contributed by atoms with van der Waals surface area (Å²) in [6.07, 6.45) is 2.79.